The van der Waals surface area contributed by atoms with E-state index in [1.807, 2.05) is 24.3 Å². The van der Waals surface area contributed by atoms with Gasteiger partial charge in [0.05, 0.1) is 7.11 Å². The number of fused-ring (bicyclic) bond motifs is 1. The standard InChI is InChI=1S/C21H19F2NO5/c1-27-18-12-14(6-8-17(18)29-21(22)23)7-9-20(26)28-13-19(25)24-11-10-15-4-2-3-5-16(15)24/h2-9,12,21H,10-11,13H2,1H3. The number of anilines is 1. The van der Waals surface area contributed by atoms with E-state index in [4.69, 9.17) is 9.47 Å². The number of methoxy groups -OCH3 is 1. The first-order chi connectivity index (χ1) is 14.0. The van der Waals surface area contributed by atoms with Gasteiger partial charge in [0.2, 0.25) is 0 Å². The predicted octanol–water partition coefficient (Wildman–Crippen LogP) is 3.44. The smallest absolute Gasteiger partial charge is 0.387 e. The Morgan fingerprint density at radius 1 is 1.17 bits per heavy atom. The molecule has 29 heavy (non-hydrogen) atoms. The summed E-state index contributed by atoms with van der Waals surface area (Å²) in [6.45, 7) is -2.79. The van der Waals surface area contributed by atoms with Gasteiger partial charge in [-0.25, -0.2) is 4.79 Å². The van der Waals surface area contributed by atoms with Gasteiger partial charge in [-0.2, -0.15) is 8.78 Å². The molecule has 1 aliphatic rings. The Labute approximate surface area is 166 Å². The van der Waals surface area contributed by atoms with Crippen LogP contribution in [0.4, 0.5) is 14.5 Å². The predicted molar refractivity (Wildman–Crippen MR) is 102 cm³/mol. The molecule has 0 atom stereocenters. The van der Waals surface area contributed by atoms with Crippen molar-refractivity contribution in [1.29, 1.82) is 0 Å². The fourth-order valence-electron chi connectivity index (χ4n) is 3.00. The van der Waals surface area contributed by atoms with E-state index >= 15 is 0 Å². The number of benzene rings is 2. The summed E-state index contributed by atoms with van der Waals surface area (Å²) in [5.74, 6) is -1.01. The van der Waals surface area contributed by atoms with Gasteiger partial charge < -0.3 is 19.1 Å². The second-order valence-electron chi connectivity index (χ2n) is 6.15. The van der Waals surface area contributed by atoms with Crippen LogP contribution in [0, 0.1) is 0 Å². The van der Waals surface area contributed by atoms with E-state index in [0.29, 0.717) is 12.1 Å². The molecule has 0 saturated heterocycles. The number of ether oxygens (including phenoxy) is 3. The molecular formula is C21H19F2NO5. The summed E-state index contributed by atoms with van der Waals surface area (Å²) < 4.78 is 39.1. The topological polar surface area (TPSA) is 65.1 Å². The van der Waals surface area contributed by atoms with Gasteiger partial charge >= 0.3 is 12.6 Å². The second-order valence-corrected chi connectivity index (χ2v) is 6.15. The van der Waals surface area contributed by atoms with E-state index in [-0.39, 0.29) is 24.0 Å². The van der Waals surface area contributed by atoms with Crippen LogP contribution in [0.3, 0.4) is 0 Å². The molecule has 1 amide bonds. The monoisotopic (exact) mass is 403 g/mol. The number of nitrogens with zero attached hydrogens (tertiary/aromatic N) is 1. The van der Waals surface area contributed by atoms with Crippen molar-refractivity contribution in [3.05, 3.63) is 59.7 Å². The quantitative estimate of drug-likeness (QED) is 0.524. The first-order valence-corrected chi connectivity index (χ1v) is 8.84. The number of halogens is 2. The average Bonchev–Trinajstić information content (AvgIpc) is 3.15. The number of para-hydroxylation sites is 1. The molecular weight excluding hydrogens is 384 g/mol. The van der Waals surface area contributed by atoms with Crippen molar-refractivity contribution in [2.24, 2.45) is 0 Å². The summed E-state index contributed by atoms with van der Waals surface area (Å²) in [5, 5.41) is 0. The number of esters is 1. The highest BCUT2D eigenvalue weighted by atomic mass is 19.3. The number of carbonyl (C=O) groups excluding carboxylic acids is 2. The van der Waals surface area contributed by atoms with Crippen LogP contribution in [0.2, 0.25) is 0 Å². The highest BCUT2D eigenvalue weighted by molar-refractivity contribution is 5.98. The molecule has 0 bridgehead atoms. The summed E-state index contributed by atoms with van der Waals surface area (Å²) in [6, 6.07) is 11.8. The summed E-state index contributed by atoms with van der Waals surface area (Å²) in [4.78, 5) is 25.8. The van der Waals surface area contributed by atoms with E-state index in [0.717, 1.165) is 23.7 Å². The maximum absolute atomic E-state index is 12.4. The molecule has 1 heterocycles. The van der Waals surface area contributed by atoms with Crippen LogP contribution in [0.25, 0.3) is 6.08 Å². The average molecular weight is 403 g/mol. The molecule has 0 fully saturated rings. The van der Waals surface area contributed by atoms with Crippen molar-refractivity contribution in [2.75, 3.05) is 25.2 Å². The Hall–Kier alpha value is -3.42. The second kappa shape index (κ2) is 9.18. The zero-order chi connectivity index (χ0) is 20.8. The molecule has 152 valence electrons. The van der Waals surface area contributed by atoms with E-state index < -0.39 is 12.6 Å². The molecule has 0 aliphatic carbocycles. The maximum Gasteiger partial charge on any atom is 0.387 e. The van der Waals surface area contributed by atoms with E-state index in [1.54, 1.807) is 4.90 Å². The molecule has 0 radical (unpaired) electrons. The minimum atomic E-state index is -2.97. The van der Waals surface area contributed by atoms with Gasteiger partial charge in [0.15, 0.2) is 18.1 Å². The summed E-state index contributed by atoms with van der Waals surface area (Å²) in [7, 11) is 1.32. The molecule has 0 saturated carbocycles. The Kier molecular flexibility index (Phi) is 6.43. The van der Waals surface area contributed by atoms with Gasteiger partial charge in [-0.15, -0.1) is 0 Å². The Morgan fingerprint density at radius 3 is 2.72 bits per heavy atom. The van der Waals surface area contributed by atoms with E-state index in [9.17, 15) is 18.4 Å². The molecule has 2 aromatic carbocycles. The number of rotatable bonds is 7. The van der Waals surface area contributed by atoms with Gasteiger partial charge in [-0.05, 0) is 41.8 Å². The normalized spacial score (nSPS) is 12.9. The Morgan fingerprint density at radius 2 is 1.97 bits per heavy atom. The van der Waals surface area contributed by atoms with Crippen LogP contribution < -0.4 is 14.4 Å². The highest BCUT2D eigenvalue weighted by Gasteiger charge is 2.24. The molecule has 3 rings (SSSR count). The third kappa shape index (κ3) is 5.10. The molecule has 2 aromatic rings. The number of alkyl halides is 2. The summed E-state index contributed by atoms with van der Waals surface area (Å²) in [6.07, 6.45) is 3.34. The maximum atomic E-state index is 12.4. The van der Waals surface area contributed by atoms with Gasteiger partial charge in [-0.3, -0.25) is 4.79 Å². The lowest BCUT2D eigenvalue weighted by atomic mass is 10.2. The minimum absolute atomic E-state index is 0.101. The van der Waals surface area contributed by atoms with Crippen LogP contribution in [0.5, 0.6) is 11.5 Å². The van der Waals surface area contributed by atoms with Crippen molar-refractivity contribution >= 4 is 23.6 Å². The third-order valence-corrected chi connectivity index (χ3v) is 4.34. The number of hydrogen-bond donors (Lipinski definition) is 0. The summed E-state index contributed by atoms with van der Waals surface area (Å²) >= 11 is 0. The lowest BCUT2D eigenvalue weighted by Gasteiger charge is -2.16. The molecule has 6 nitrogen and oxygen atoms in total. The first-order valence-electron chi connectivity index (χ1n) is 8.84. The number of hydrogen-bond acceptors (Lipinski definition) is 5. The minimum Gasteiger partial charge on any atom is -0.493 e. The lowest BCUT2D eigenvalue weighted by Crippen LogP contribution is -2.33. The van der Waals surface area contributed by atoms with Gasteiger partial charge in [0.25, 0.3) is 5.91 Å². The van der Waals surface area contributed by atoms with Crippen molar-refractivity contribution < 1.29 is 32.6 Å². The summed E-state index contributed by atoms with van der Waals surface area (Å²) in [5.41, 5.74) is 2.43. The van der Waals surface area contributed by atoms with Crippen molar-refractivity contribution in [1.82, 2.24) is 0 Å². The van der Waals surface area contributed by atoms with Crippen LogP contribution in [0.1, 0.15) is 11.1 Å². The number of amides is 1. The molecule has 8 heteroatoms. The highest BCUT2D eigenvalue weighted by Crippen LogP contribution is 2.30. The molecule has 0 unspecified atom stereocenters. The van der Waals surface area contributed by atoms with E-state index in [2.05, 4.69) is 4.74 Å². The SMILES string of the molecule is COc1cc(C=CC(=O)OCC(=O)N2CCc3ccccc32)ccc1OC(F)F. The van der Waals surface area contributed by atoms with Crippen LogP contribution in [-0.2, 0) is 20.7 Å². The van der Waals surface area contributed by atoms with E-state index in [1.165, 1.54) is 31.4 Å². The fraction of sp³-hybridized carbons (Fsp3) is 0.238. The van der Waals surface area contributed by atoms with Gasteiger partial charge in [-0.1, -0.05) is 24.3 Å². The van der Waals surface area contributed by atoms with Crippen molar-refractivity contribution in [3.63, 3.8) is 0 Å². The fourth-order valence-corrected chi connectivity index (χ4v) is 3.00. The van der Waals surface area contributed by atoms with Gasteiger partial charge in [0, 0.05) is 18.3 Å². The van der Waals surface area contributed by atoms with Crippen molar-refractivity contribution in [2.45, 2.75) is 13.0 Å². The Bertz CT molecular complexity index is 929. The lowest BCUT2D eigenvalue weighted by molar-refractivity contribution is -0.142. The molecule has 0 spiro atoms. The molecule has 0 N–H and O–H groups in total. The number of carbonyl (C=O) groups is 2. The van der Waals surface area contributed by atoms with Crippen LogP contribution in [0.15, 0.2) is 48.5 Å². The van der Waals surface area contributed by atoms with Crippen LogP contribution >= 0.6 is 0 Å². The third-order valence-electron chi connectivity index (χ3n) is 4.34. The van der Waals surface area contributed by atoms with Crippen molar-refractivity contribution in [3.8, 4) is 11.5 Å². The largest absolute Gasteiger partial charge is 0.493 e. The zero-order valence-electron chi connectivity index (χ0n) is 15.6. The Balaban J connectivity index is 1.55. The van der Waals surface area contributed by atoms with Crippen LogP contribution in [-0.4, -0.2) is 38.7 Å². The first kappa shape index (κ1) is 20.3. The zero-order valence-corrected chi connectivity index (χ0v) is 15.6. The molecule has 0 aromatic heterocycles. The van der Waals surface area contributed by atoms with Gasteiger partial charge in [0.1, 0.15) is 0 Å². The molecule has 1 aliphatic heterocycles.